The maximum Gasteiger partial charge on any atom is 0.142 e. The van der Waals surface area contributed by atoms with E-state index in [1.165, 1.54) is 5.56 Å². The van der Waals surface area contributed by atoms with Crippen LogP contribution >= 0.6 is 0 Å². The van der Waals surface area contributed by atoms with Crippen molar-refractivity contribution >= 4 is 5.69 Å². The van der Waals surface area contributed by atoms with Crippen LogP contribution in [-0.2, 0) is 6.42 Å². The fourth-order valence-electron chi connectivity index (χ4n) is 2.86. The summed E-state index contributed by atoms with van der Waals surface area (Å²) in [5.74, 6) is 2.62. The minimum Gasteiger partial charge on any atom is -0.486 e. The van der Waals surface area contributed by atoms with Crippen LogP contribution in [0.4, 0.5) is 5.69 Å². The number of para-hydroxylation sites is 3. The number of benzene rings is 3. The second kappa shape index (κ2) is 6.67. The van der Waals surface area contributed by atoms with Crippen molar-refractivity contribution in [3.63, 3.8) is 0 Å². The molecule has 0 bridgehead atoms. The average Bonchev–Trinajstić information content (AvgIpc) is 2.64. The molecule has 1 aliphatic heterocycles. The second-order valence-electron chi connectivity index (χ2n) is 5.88. The highest BCUT2D eigenvalue weighted by Crippen LogP contribution is 2.29. The van der Waals surface area contributed by atoms with Crippen molar-refractivity contribution in [2.45, 2.75) is 12.5 Å². The van der Waals surface area contributed by atoms with Crippen LogP contribution in [0.25, 0.3) is 0 Å². The summed E-state index contributed by atoms with van der Waals surface area (Å²) < 4.78 is 11.9. The van der Waals surface area contributed by atoms with Gasteiger partial charge in [-0.1, -0.05) is 42.5 Å². The Labute approximate surface area is 141 Å². The molecule has 3 aromatic carbocycles. The molecule has 1 aliphatic rings. The summed E-state index contributed by atoms with van der Waals surface area (Å²) in [7, 11) is 0. The zero-order valence-electron chi connectivity index (χ0n) is 13.3. The van der Waals surface area contributed by atoms with Crippen molar-refractivity contribution < 1.29 is 9.47 Å². The molecular weight excluding hydrogens is 298 g/mol. The first kappa shape index (κ1) is 14.6. The standard InChI is InChI=1S/C21H19NO2/c1-2-6-17(7-3-1)23-18-12-10-16(11-13-18)14-19-15-22-20-8-4-5-9-21(20)24-19/h1-13,19,22H,14-15H2. The van der Waals surface area contributed by atoms with E-state index < -0.39 is 0 Å². The summed E-state index contributed by atoms with van der Waals surface area (Å²) in [6.07, 6.45) is 1.01. The maximum atomic E-state index is 6.07. The molecule has 0 saturated heterocycles. The van der Waals surface area contributed by atoms with Crippen molar-refractivity contribution in [1.29, 1.82) is 0 Å². The maximum absolute atomic E-state index is 6.07. The zero-order valence-corrected chi connectivity index (χ0v) is 13.3. The summed E-state index contributed by atoms with van der Waals surface area (Å²) >= 11 is 0. The molecular formula is C21H19NO2. The molecule has 3 nitrogen and oxygen atoms in total. The molecule has 1 atom stereocenters. The number of fused-ring (bicyclic) bond motifs is 1. The Hall–Kier alpha value is -2.94. The van der Waals surface area contributed by atoms with Gasteiger partial charge in [0.05, 0.1) is 12.2 Å². The van der Waals surface area contributed by atoms with Crippen LogP contribution in [0.2, 0.25) is 0 Å². The summed E-state index contributed by atoms with van der Waals surface area (Å²) in [5, 5.41) is 3.43. The Bertz CT molecular complexity index is 800. The van der Waals surface area contributed by atoms with Gasteiger partial charge in [-0.15, -0.1) is 0 Å². The minimum atomic E-state index is 0.140. The molecule has 3 aromatic rings. The van der Waals surface area contributed by atoms with Gasteiger partial charge in [-0.25, -0.2) is 0 Å². The summed E-state index contributed by atoms with van der Waals surface area (Å²) in [6.45, 7) is 0.819. The predicted octanol–water partition coefficient (Wildman–Crippen LogP) is 4.89. The number of ether oxygens (including phenoxy) is 2. The first-order valence-corrected chi connectivity index (χ1v) is 8.18. The topological polar surface area (TPSA) is 30.5 Å². The molecule has 0 spiro atoms. The lowest BCUT2D eigenvalue weighted by molar-refractivity contribution is 0.206. The molecule has 24 heavy (non-hydrogen) atoms. The summed E-state index contributed by atoms with van der Waals surface area (Å²) in [5.41, 5.74) is 2.31. The number of rotatable bonds is 4. The molecule has 3 heteroatoms. The van der Waals surface area contributed by atoms with Gasteiger partial charge in [-0.3, -0.25) is 0 Å². The van der Waals surface area contributed by atoms with Crippen molar-refractivity contribution in [2.75, 3.05) is 11.9 Å². The normalized spacial score (nSPS) is 15.8. The molecule has 0 radical (unpaired) electrons. The third-order valence-electron chi connectivity index (χ3n) is 4.07. The van der Waals surface area contributed by atoms with Gasteiger partial charge in [0.2, 0.25) is 0 Å². The number of anilines is 1. The van der Waals surface area contributed by atoms with Crippen molar-refractivity contribution in [2.24, 2.45) is 0 Å². The number of hydrogen-bond acceptors (Lipinski definition) is 3. The largest absolute Gasteiger partial charge is 0.486 e. The van der Waals surface area contributed by atoms with Crippen molar-refractivity contribution in [3.05, 3.63) is 84.4 Å². The Balaban J connectivity index is 1.39. The van der Waals surface area contributed by atoms with E-state index in [-0.39, 0.29) is 6.10 Å². The van der Waals surface area contributed by atoms with Gasteiger partial charge in [0.25, 0.3) is 0 Å². The minimum absolute atomic E-state index is 0.140. The van der Waals surface area contributed by atoms with Crippen LogP contribution < -0.4 is 14.8 Å². The highest BCUT2D eigenvalue weighted by molar-refractivity contribution is 5.57. The lowest BCUT2D eigenvalue weighted by Gasteiger charge is -2.27. The smallest absolute Gasteiger partial charge is 0.142 e. The number of hydrogen-bond donors (Lipinski definition) is 1. The van der Waals surface area contributed by atoms with Crippen LogP contribution in [0, 0.1) is 0 Å². The quantitative estimate of drug-likeness (QED) is 0.743. The van der Waals surface area contributed by atoms with Gasteiger partial charge in [-0.2, -0.15) is 0 Å². The SMILES string of the molecule is c1ccc(Oc2ccc(CC3CNc4ccccc4O3)cc2)cc1. The van der Waals surface area contributed by atoms with Crippen LogP contribution in [0.5, 0.6) is 17.2 Å². The first-order chi connectivity index (χ1) is 11.9. The second-order valence-corrected chi connectivity index (χ2v) is 5.88. The van der Waals surface area contributed by atoms with Gasteiger partial charge in [0.1, 0.15) is 23.4 Å². The van der Waals surface area contributed by atoms with E-state index in [1.807, 2.05) is 66.7 Å². The Morgan fingerprint density at radius 1 is 0.833 bits per heavy atom. The van der Waals surface area contributed by atoms with Gasteiger partial charge in [0, 0.05) is 6.42 Å². The van der Waals surface area contributed by atoms with E-state index in [0.717, 1.165) is 35.9 Å². The average molecular weight is 317 g/mol. The van der Waals surface area contributed by atoms with E-state index in [4.69, 9.17) is 9.47 Å². The van der Waals surface area contributed by atoms with Crippen LogP contribution in [-0.4, -0.2) is 12.6 Å². The van der Waals surface area contributed by atoms with E-state index >= 15 is 0 Å². The molecule has 4 rings (SSSR count). The highest BCUT2D eigenvalue weighted by atomic mass is 16.5. The Kier molecular flexibility index (Phi) is 4.07. The fraction of sp³-hybridized carbons (Fsp3) is 0.143. The molecule has 0 aliphatic carbocycles. The molecule has 120 valence electrons. The third kappa shape index (κ3) is 3.35. The summed E-state index contributed by atoms with van der Waals surface area (Å²) in [4.78, 5) is 0. The van der Waals surface area contributed by atoms with Crippen LogP contribution in [0.1, 0.15) is 5.56 Å². The summed E-state index contributed by atoms with van der Waals surface area (Å²) in [6, 6.07) is 26.1. The van der Waals surface area contributed by atoms with Crippen LogP contribution in [0.15, 0.2) is 78.9 Å². The molecule has 1 unspecified atom stereocenters. The van der Waals surface area contributed by atoms with Crippen LogP contribution in [0.3, 0.4) is 0 Å². The zero-order chi connectivity index (χ0) is 16.2. The van der Waals surface area contributed by atoms with E-state index in [9.17, 15) is 0 Å². The Morgan fingerprint density at radius 2 is 1.54 bits per heavy atom. The molecule has 1 N–H and O–H groups in total. The van der Waals surface area contributed by atoms with Crippen molar-refractivity contribution in [3.8, 4) is 17.2 Å². The monoisotopic (exact) mass is 317 g/mol. The third-order valence-corrected chi connectivity index (χ3v) is 4.07. The van der Waals surface area contributed by atoms with E-state index in [2.05, 4.69) is 17.4 Å². The molecule has 0 aromatic heterocycles. The lowest BCUT2D eigenvalue weighted by Crippen LogP contribution is -2.32. The molecule has 0 amide bonds. The Morgan fingerprint density at radius 3 is 2.38 bits per heavy atom. The van der Waals surface area contributed by atoms with Crippen molar-refractivity contribution in [1.82, 2.24) is 0 Å². The first-order valence-electron chi connectivity index (χ1n) is 8.18. The molecule has 1 heterocycles. The highest BCUT2D eigenvalue weighted by Gasteiger charge is 2.18. The van der Waals surface area contributed by atoms with Gasteiger partial charge < -0.3 is 14.8 Å². The van der Waals surface area contributed by atoms with Gasteiger partial charge >= 0.3 is 0 Å². The van der Waals surface area contributed by atoms with Gasteiger partial charge in [-0.05, 0) is 42.0 Å². The van der Waals surface area contributed by atoms with Gasteiger partial charge in [0.15, 0.2) is 0 Å². The van der Waals surface area contributed by atoms with E-state index in [0.29, 0.717) is 0 Å². The molecule has 0 saturated carbocycles. The van der Waals surface area contributed by atoms with E-state index in [1.54, 1.807) is 0 Å². The molecule has 0 fully saturated rings. The fourth-order valence-corrected chi connectivity index (χ4v) is 2.86. The lowest BCUT2D eigenvalue weighted by atomic mass is 10.1. The number of nitrogens with one attached hydrogen (secondary N) is 1. The predicted molar refractivity (Wildman–Crippen MR) is 96.0 cm³/mol.